The van der Waals surface area contributed by atoms with Gasteiger partial charge in [-0.05, 0) is 43.6 Å². The summed E-state index contributed by atoms with van der Waals surface area (Å²) in [5, 5.41) is 3.47. The third-order valence-electron chi connectivity index (χ3n) is 4.20. The van der Waals surface area contributed by atoms with Gasteiger partial charge < -0.3 is 15.1 Å². The predicted octanol–water partition coefficient (Wildman–Crippen LogP) is 3.34. The molecule has 118 valence electrons. The Morgan fingerprint density at radius 2 is 2.19 bits per heavy atom. The van der Waals surface area contributed by atoms with Crippen LogP contribution in [0.3, 0.4) is 0 Å². The molecule has 1 atom stereocenters. The van der Waals surface area contributed by atoms with Crippen molar-refractivity contribution in [3.8, 4) is 0 Å². The lowest BCUT2D eigenvalue weighted by Gasteiger charge is -2.24. The van der Waals surface area contributed by atoms with Crippen LogP contribution in [-0.4, -0.2) is 44.7 Å². The fourth-order valence-corrected chi connectivity index (χ4v) is 3.41. The van der Waals surface area contributed by atoms with Gasteiger partial charge >= 0.3 is 0 Å². The number of likely N-dealkylation sites (tertiary alicyclic amines) is 1. The van der Waals surface area contributed by atoms with Gasteiger partial charge in [-0.3, -0.25) is 0 Å². The molecule has 1 heterocycles. The van der Waals surface area contributed by atoms with E-state index in [1.807, 2.05) is 0 Å². The molecule has 1 aliphatic rings. The summed E-state index contributed by atoms with van der Waals surface area (Å²) < 4.78 is 1.20. The van der Waals surface area contributed by atoms with Crippen molar-refractivity contribution in [1.29, 1.82) is 0 Å². The minimum absolute atomic E-state index is 0.513. The van der Waals surface area contributed by atoms with E-state index < -0.39 is 0 Å². The second kappa shape index (κ2) is 7.61. The average Bonchev–Trinajstić information content (AvgIpc) is 2.82. The average molecular weight is 354 g/mol. The minimum Gasteiger partial charge on any atom is -0.374 e. The quantitative estimate of drug-likeness (QED) is 0.845. The van der Waals surface area contributed by atoms with Crippen molar-refractivity contribution in [2.45, 2.75) is 32.9 Å². The molecule has 1 fully saturated rings. The first kappa shape index (κ1) is 16.8. The van der Waals surface area contributed by atoms with E-state index in [-0.39, 0.29) is 0 Å². The van der Waals surface area contributed by atoms with E-state index >= 15 is 0 Å². The maximum atomic E-state index is 3.71. The number of nitrogens with zero attached hydrogens (tertiary/aromatic N) is 2. The Morgan fingerprint density at radius 3 is 2.76 bits per heavy atom. The Kier molecular flexibility index (Phi) is 6.08. The van der Waals surface area contributed by atoms with Crippen molar-refractivity contribution in [1.82, 2.24) is 10.2 Å². The molecule has 1 N–H and O–H groups in total. The van der Waals surface area contributed by atoms with Crippen molar-refractivity contribution in [2.75, 3.05) is 38.6 Å². The SMILES string of the molecule is CC(C)NCc1ccc(N(C)CC2CCN(C)C2)cc1Br. The van der Waals surface area contributed by atoms with Crippen LogP contribution in [0.15, 0.2) is 22.7 Å². The van der Waals surface area contributed by atoms with Gasteiger partial charge in [0.2, 0.25) is 0 Å². The van der Waals surface area contributed by atoms with Crippen LogP contribution in [0.1, 0.15) is 25.8 Å². The van der Waals surface area contributed by atoms with Crippen LogP contribution in [0.25, 0.3) is 0 Å². The van der Waals surface area contributed by atoms with Gasteiger partial charge in [0, 0.05) is 42.9 Å². The molecule has 4 heteroatoms. The maximum Gasteiger partial charge on any atom is 0.0375 e. The van der Waals surface area contributed by atoms with Gasteiger partial charge in [-0.2, -0.15) is 0 Å². The summed E-state index contributed by atoms with van der Waals surface area (Å²) in [6.45, 7) is 8.86. The molecule has 0 amide bonds. The highest BCUT2D eigenvalue weighted by atomic mass is 79.9. The van der Waals surface area contributed by atoms with Gasteiger partial charge in [-0.25, -0.2) is 0 Å². The molecule has 1 aliphatic heterocycles. The van der Waals surface area contributed by atoms with Crippen molar-refractivity contribution < 1.29 is 0 Å². The lowest BCUT2D eigenvalue weighted by Crippen LogP contribution is -2.27. The summed E-state index contributed by atoms with van der Waals surface area (Å²) in [6.07, 6.45) is 1.32. The molecule has 0 spiro atoms. The van der Waals surface area contributed by atoms with Crippen LogP contribution in [0.4, 0.5) is 5.69 Å². The first-order valence-electron chi connectivity index (χ1n) is 7.87. The summed E-state index contributed by atoms with van der Waals surface area (Å²) in [6, 6.07) is 7.22. The van der Waals surface area contributed by atoms with Crippen LogP contribution in [0.5, 0.6) is 0 Å². The Hall–Kier alpha value is -0.580. The van der Waals surface area contributed by atoms with E-state index in [4.69, 9.17) is 0 Å². The molecule has 0 bridgehead atoms. The molecule has 0 aromatic heterocycles. The van der Waals surface area contributed by atoms with E-state index in [0.717, 1.165) is 19.0 Å². The summed E-state index contributed by atoms with van der Waals surface area (Å²) in [7, 11) is 4.42. The smallest absolute Gasteiger partial charge is 0.0375 e. The molecule has 0 saturated carbocycles. The van der Waals surface area contributed by atoms with Crippen molar-refractivity contribution in [2.24, 2.45) is 5.92 Å². The number of hydrogen-bond acceptors (Lipinski definition) is 3. The summed E-state index contributed by atoms with van der Waals surface area (Å²) in [5.41, 5.74) is 2.62. The van der Waals surface area contributed by atoms with Crippen LogP contribution < -0.4 is 10.2 Å². The van der Waals surface area contributed by atoms with Crippen molar-refractivity contribution >= 4 is 21.6 Å². The van der Waals surface area contributed by atoms with E-state index in [9.17, 15) is 0 Å². The second-order valence-electron chi connectivity index (χ2n) is 6.61. The first-order chi connectivity index (χ1) is 9.95. The zero-order valence-corrected chi connectivity index (χ0v) is 15.3. The largest absolute Gasteiger partial charge is 0.374 e. The first-order valence-corrected chi connectivity index (χ1v) is 8.66. The summed E-state index contributed by atoms with van der Waals surface area (Å²) in [5.74, 6) is 0.793. The van der Waals surface area contributed by atoms with E-state index in [1.165, 1.54) is 35.2 Å². The van der Waals surface area contributed by atoms with Gasteiger partial charge in [0.25, 0.3) is 0 Å². The monoisotopic (exact) mass is 353 g/mol. The molecule has 1 saturated heterocycles. The molecule has 1 unspecified atom stereocenters. The molecule has 1 aromatic rings. The molecular formula is C17H28BrN3. The molecule has 0 aliphatic carbocycles. The lowest BCUT2D eigenvalue weighted by molar-refractivity contribution is 0.396. The van der Waals surface area contributed by atoms with Crippen LogP contribution in [0, 0.1) is 5.92 Å². The summed E-state index contributed by atoms with van der Waals surface area (Å²) in [4.78, 5) is 4.81. The fraction of sp³-hybridized carbons (Fsp3) is 0.647. The third kappa shape index (κ3) is 4.97. The highest BCUT2D eigenvalue weighted by Gasteiger charge is 2.21. The topological polar surface area (TPSA) is 18.5 Å². The second-order valence-corrected chi connectivity index (χ2v) is 7.46. The van der Waals surface area contributed by atoms with Gasteiger partial charge in [0.15, 0.2) is 0 Å². The Labute approximate surface area is 137 Å². The fourth-order valence-electron chi connectivity index (χ4n) is 2.90. The number of halogens is 1. The molecule has 0 radical (unpaired) electrons. The maximum absolute atomic E-state index is 3.71. The van der Waals surface area contributed by atoms with Crippen LogP contribution in [0.2, 0.25) is 0 Å². The highest BCUT2D eigenvalue weighted by molar-refractivity contribution is 9.10. The van der Waals surface area contributed by atoms with Crippen LogP contribution in [-0.2, 0) is 6.54 Å². The number of rotatable bonds is 6. The normalized spacial score (nSPS) is 19.4. The highest BCUT2D eigenvalue weighted by Crippen LogP contribution is 2.25. The van der Waals surface area contributed by atoms with Gasteiger partial charge in [-0.15, -0.1) is 0 Å². The minimum atomic E-state index is 0.513. The number of benzene rings is 1. The Morgan fingerprint density at radius 1 is 1.43 bits per heavy atom. The molecule has 21 heavy (non-hydrogen) atoms. The van der Waals surface area contributed by atoms with Crippen molar-refractivity contribution in [3.05, 3.63) is 28.2 Å². The number of anilines is 1. The van der Waals surface area contributed by atoms with Gasteiger partial charge in [-0.1, -0.05) is 35.8 Å². The molecule has 3 nitrogen and oxygen atoms in total. The van der Waals surface area contributed by atoms with Gasteiger partial charge in [0.1, 0.15) is 0 Å². The Bertz CT molecular complexity index is 461. The zero-order chi connectivity index (χ0) is 15.4. The van der Waals surface area contributed by atoms with E-state index in [0.29, 0.717) is 6.04 Å². The standard InChI is InChI=1S/C17H28BrN3/c1-13(2)19-10-15-5-6-16(9-17(15)18)21(4)12-14-7-8-20(3)11-14/h5-6,9,13-14,19H,7-8,10-12H2,1-4H3. The van der Waals surface area contributed by atoms with E-state index in [1.54, 1.807) is 0 Å². The number of nitrogens with one attached hydrogen (secondary N) is 1. The van der Waals surface area contributed by atoms with Gasteiger partial charge in [0.05, 0.1) is 0 Å². The molecular weight excluding hydrogens is 326 g/mol. The predicted molar refractivity (Wildman–Crippen MR) is 95.0 cm³/mol. The van der Waals surface area contributed by atoms with E-state index in [2.05, 4.69) is 77.2 Å². The Balaban J connectivity index is 1.95. The zero-order valence-electron chi connectivity index (χ0n) is 13.7. The number of hydrogen-bond donors (Lipinski definition) is 1. The molecule has 2 rings (SSSR count). The molecule has 1 aromatic carbocycles. The third-order valence-corrected chi connectivity index (χ3v) is 4.94. The summed E-state index contributed by atoms with van der Waals surface area (Å²) >= 11 is 3.71. The lowest BCUT2D eigenvalue weighted by atomic mass is 10.1. The van der Waals surface area contributed by atoms with Crippen molar-refractivity contribution in [3.63, 3.8) is 0 Å². The van der Waals surface area contributed by atoms with Crippen LogP contribution >= 0.6 is 15.9 Å².